The van der Waals surface area contributed by atoms with E-state index < -0.39 is 18.0 Å². The van der Waals surface area contributed by atoms with Gasteiger partial charge in [0.2, 0.25) is 6.23 Å². The van der Waals surface area contributed by atoms with Gasteiger partial charge in [-0.15, -0.1) is 0 Å². The molecule has 2 amide bonds. The van der Waals surface area contributed by atoms with Gasteiger partial charge >= 0.3 is 11.8 Å². The number of para-hydroxylation sites is 3. The van der Waals surface area contributed by atoms with Crippen LogP contribution < -0.4 is 20.1 Å². The van der Waals surface area contributed by atoms with Gasteiger partial charge in [-0.2, -0.15) is 0 Å². The van der Waals surface area contributed by atoms with Crippen LogP contribution in [-0.4, -0.2) is 24.6 Å². The van der Waals surface area contributed by atoms with Gasteiger partial charge in [-0.05, 0) is 30.7 Å². The van der Waals surface area contributed by atoms with Crippen LogP contribution >= 0.6 is 0 Å². The average molecular weight is 312 g/mol. The average Bonchev–Trinajstić information content (AvgIpc) is 2.56. The van der Waals surface area contributed by atoms with Crippen molar-refractivity contribution in [3.8, 4) is 11.5 Å². The Hall–Kier alpha value is -3.02. The fourth-order valence-electron chi connectivity index (χ4n) is 2.19. The molecule has 0 radical (unpaired) electrons. The van der Waals surface area contributed by atoms with Crippen LogP contribution in [0, 0.1) is 6.92 Å². The summed E-state index contributed by atoms with van der Waals surface area (Å²) in [6, 6.07) is 14.4. The Bertz CT molecular complexity index is 745. The van der Waals surface area contributed by atoms with Gasteiger partial charge in [0.1, 0.15) is 6.61 Å². The molecule has 2 N–H and O–H groups in total. The van der Waals surface area contributed by atoms with Crippen molar-refractivity contribution in [3.63, 3.8) is 0 Å². The Kier molecular flexibility index (Phi) is 4.14. The van der Waals surface area contributed by atoms with E-state index in [0.29, 0.717) is 17.2 Å². The summed E-state index contributed by atoms with van der Waals surface area (Å²) >= 11 is 0. The Morgan fingerprint density at radius 1 is 1.00 bits per heavy atom. The van der Waals surface area contributed by atoms with Crippen LogP contribution in [0.2, 0.25) is 0 Å². The highest BCUT2D eigenvalue weighted by atomic mass is 16.6. The summed E-state index contributed by atoms with van der Waals surface area (Å²) in [6.07, 6.45) is -0.708. The molecule has 2 aromatic rings. The molecule has 0 fully saturated rings. The summed E-state index contributed by atoms with van der Waals surface area (Å²) in [5.41, 5.74) is 1.47. The number of fused-ring (bicyclic) bond motifs is 1. The number of ether oxygens (including phenoxy) is 2. The fourth-order valence-corrected chi connectivity index (χ4v) is 2.19. The van der Waals surface area contributed by atoms with Gasteiger partial charge in [0.25, 0.3) is 0 Å². The Balaban J connectivity index is 1.59. The molecule has 0 saturated heterocycles. The third kappa shape index (κ3) is 3.42. The van der Waals surface area contributed by atoms with Crippen LogP contribution in [0.1, 0.15) is 5.56 Å². The predicted molar refractivity (Wildman–Crippen MR) is 84.3 cm³/mol. The number of benzene rings is 2. The first-order valence-electron chi connectivity index (χ1n) is 7.19. The zero-order valence-corrected chi connectivity index (χ0v) is 12.5. The lowest BCUT2D eigenvalue weighted by molar-refractivity contribution is -0.138. The van der Waals surface area contributed by atoms with Crippen molar-refractivity contribution in [2.45, 2.75) is 13.2 Å². The van der Waals surface area contributed by atoms with E-state index in [4.69, 9.17) is 9.47 Å². The first kappa shape index (κ1) is 14.9. The number of nitrogens with one attached hydrogen (secondary N) is 2. The van der Waals surface area contributed by atoms with Crippen molar-refractivity contribution in [2.75, 3.05) is 11.9 Å². The van der Waals surface area contributed by atoms with Crippen LogP contribution in [0.3, 0.4) is 0 Å². The summed E-state index contributed by atoms with van der Waals surface area (Å²) in [5.74, 6) is -0.381. The highest BCUT2D eigenvalue weighted by Crippen LogP contribution is 2.30. The number of hydrogen-bond donors (Lipinski definition) is 2. The molecule has 1 atom stereocenters. The van der Waals surface area contributed by atoms with Gasteiger partial charge in [-0.3, -0.25) is 9.59 Å². The molecule has 0 aliphatic carbocycles. The van der Waals surface area contributed by atoms with E-state index in [0.717, 1.165) is 5.56 Å². The van der Waals surface area contributed by atoms with E-state index in [1.807, 2.05) is 25.1 Å². The number of amides is 2. The summed E-state index contributed by atoms with van der Waals surface area (Å²) in [6.45, 7) is 1.99. The van der Waals surface area contributed by atoms with Gasteiger partial charge in [0.05, 0.1) is 0 Å². The molecular formula is C17H16N2O4. The van der Waals surface area contributed by atoms with E-state index in [-0.39, 0.29) is 6.61 Å². The normalized spacial score (nSPS) is 15.6. The lowest BCUT2D eigenvalue weighted by Gasteiger charge is -2.26. The second kappa shape index (κ2) is 6.39. The van der Waals surface area contributed by atoms with Crippen LogP contribution in [0.5, 0.6) is 11.5 Å². The molecule has 118 valence electrons. The van der Waals surface area contributed by atoms with Crippen molar-refractivity contribution in [2.24, 2.45) is 0 Å². The van der Waals surface area contributed by atoms with Gasteiger partial charge in [-0.1, -0.05) is 30.3 Å². The van der Waals surface area contributed by atoms with Gasteiger partial charge in [0.15, 0.2) is 11.5 Å². The molecule has 0 saturated carbocycles. The molecule has 0 spiro atoms. The number of aryl methyl sites for hydroxylation is 1. The monoisotopic (exact) mass is 312 g/mol. The van der Waals surface area contributed by atoms with Gasteiger partial charge in [-0.25, -0.2) is 0 Å². The molecule has 23 heavy (non-hydrogen) atoms. The second-order valence-electron chi connectivity index (χ2n) is 5.11. The lowest BCUT2D eigenvalue weighted by Crippen LogP contribution is -2.48. The molecule has 1 aliphatic heterocycles. The maximum atomic E-state index is 12.0. The zero-order valence-electron chi connectivity index (χ0n) is 12.5. The van der Waals surface area contributed by atoms with E-state index in [1.54, 1.807) is 30.3 Å². The molecule has 1 aliphatic rings. The Labute approximate surface area is 133 Å². The second-order valence-corrected chi connectivity index (χ2v) is 5.11. The van der Waals surface area contributed by atoms with Crippen LogP contribution in [0.25, 0.3) is 0 Å². The van der Waals surface area contributed by atoms with E-state index in [1.165, 1.54) is 0 Å². The number of anilines is 1. The topological polar surface area (TPSA) is 76.7 Å². The Morgan fingerprint density at radius 2 is 1.70 bits per heavy atom. The summed E-state index contributed by atoms with van der Waals surface area (Å²) in [5, 5.41) is 5.07. The molecule has 1 heterocycles. The first-order chi connectivity index (χ1) is 11.1. The highest BCUT2D eigenvalue weighted by molar-refractivity contribution is 6.39. The largest absolute Gasteiger partial charge is 0.484 e. The van der Waals surface area contributed by atoms with Gasteiger partial charge < -0.3 is 20.1 Å². The minimum atomic E-state index is -0.777. The first-order valence-corrected chi connectivity index (χ1v) is 7.19. The van der Waals surface area contributed by atoms with Crippen molar-refractivity contribution >= 4 is 17.5 Å². The van der Waals surface area contributed by atoms with E-state index >= 15 is 0 Å². The lowest BCUT2D eigenvalue weighted by atomic mass is 10.2. The van der Waals surface area contributed by atoms with Crippen molar-refractivity contribution in [1.29, 1.82) is 0 Å². The smallest absolute Gasteiger partial charge is 0.313 e. The summed E-state index contributed by atoms with van der Waals surface area (Å²) in [7, 11) is 0. The number of hydrogen-bond acceptors (Lipinski definition) is 4. The van der Waals surface area contributed by atoms with E-state index in [9.17, 15) is 9.59 Å². The number of rotatable bonds is 2. The SMILES string of the molecule is Cc1ccccc1NC(=O)C(=O)NC1COc2ccccc2O1. The van der Waals surface area contributed by atoms with Crippen molar-refractivity contribution in [1.82, 2.24) is 5.32 Å². The third-order valence-corrected chi connectivity index (χ3v) is 3.40. The minimum Gasteiger partial charge on any atom is -0.484 e. The van der Waals surface area contributed by atoms with Crippen LogP contribution in [0.15, 0.2) is 48.5 Å². The van der Waals surface area contributed by atoms with E-state index in [2.05, 4.69) is 10.6 Å². The summed E-state index contributed by atoms with van der Waals surface area (Å²) < 4.78 is 11.1. The quantitative estimate of drug-likeness (QED) is 0.830. The fraction of sp³-hybridized carbons (Fsp3) is 0.176. The van der Waals surface area contributed by atoms with Gasteiger partial charge in [0, 0.05) is 5.69 Å². The molecular weight excluding hydrogens is 296 g/mol. The third-order valence-electron chi connectivity index (χ3n) is 3.40. The molecule has 0 aromatic heterocycles. The predicted octanol–water partition coefficient (Wildman–Crippen LogP) is 1.85. The van der Waals surface area contributed by atoms with Crippen molar-refractivity contribution in [3.05, 3.63) is 54.1 Å². The zero-order chi connectivity index (χ0) is 16.2. The molecule has 6 heteroatoms. The molecule has 2 aromatic carbocycles. The van der Waals surface area contributed by atoms with Crippen LogP contribution in [-0.2, 0) is 9.59 Å². The molecule has 0 bridgehead atoms. The van der Waals surface area contributed by atoms with Crippen molar-refractivity contribution < 1.29 is 19.1 Å². The van der Waals surface area contributed by atoms with Crippen LogP contribution in [0.4, 0.5) is 5.69 Å². The minimum absolute atomic E-state index is 0.139. The standard InChI is InChI=1S/C17H16N2O4/c1-11-6-2-3-7-12(11)18-16(20)17(21)19-15-10-22-13-8-4-5-9-14(13)23-15/h2-9,15H,10H2,1H3,(H,18,20)(H,19,21). The Morgan fingerprint density at radius 3 is 2.48 bits per heavy atom. The number of carbonyl (C=O) groups is 2. The molecule has 1 unspecified atom stereocenters. The maximum Gasteiger partial charge on any atom is 0.313 e. The summed E-state index contributed by atoms with van der Waals surface area (Å²) in [4.78, 5) is 23.9. The molecule has 3 rings (SSSR count). The highest BCUT2D eigenvalue weighted by Gasteiger charge is 2.25. The molecule has 6 nitrogen and oxygen atoms in total. The maximum absolute atomic E-state index is 12.0. The number of carbonyl (C=O) groups excluding carboxylic acids is 2.